The van der Waals surface area contributed by atoms with E-state index in [1.807, 2.05) is 0 Å². The minimum Gasteiger partial charge on any atom is -0.395 e. The highest BCUT2D eigenvalue weighted by molar-refractivity contribution is 5.99. The average Bonchev–Trinajstić information content (AvgIpc) is 2.36. The van der Waals surface area contributed by atoms with Crippen molar-refractivity contribution in [2.24, 2.45) is 0 Å². The molecule has 94 valence electrons. The number of anilines is 1. The molecule has 1 amide bonds. The molecular formula is C12H19N3O2. The van der Waals surface area contributed by atoms with Gasteiger partial charge in [-0.3, -0.25) is 9.78 Å². The standard InChI is InChI=1S/C12H19N3O2/c1-3-5-14-11-9-13-6-4-10(11)12(17)15(2)7-8-16/h4,6,9,14,16H,3,5,7-8H2,1-2H3. The zero-order chi connectivity index (χ0) is 12.7. The smallest absolute Gasteiger partial charge is 0.255 e. The van der Waals surface area contributed by atoms with E-state index in [1.165, 1.54) is 4.90 Å². The van der Waals surface area contributed by atoms with Crippen LogP contribution in [0.15, 0.2) is 18.5 Å². The fraction of sp³-hybridized carbons (Fsp3) is 0.500. The van der Waals surface area contributed by atoms with Gasteiger partial charge in [0.15, 0.2) is 0 Å². The number of aliphatic hydroxyl groups excluding tert-OH is 1. The molecule has 1 rings (SSSR count). The van der Waals surface area contributed by atoms with Crippen molar-refractivity contribution in [2.45, 2.75) is 13.3 Å². The molecule has 5 nitrogen and oxygen atoms in total. The van der Waals surface area contributed by atoms with E-state index in [9.17, 15) is 4.79 Å². The molecule has 2 N–H and O–H groups in total. The van der Waals surface area contributed by atoms with Gasteiger partial charge in [0.2, 0.25) is 0 Å². The summed E-state index contributed by atoms with van der Waals surface area (Å²) in [6.07, 6.45) is 4.22. The fourth-order valence-electron chi connectivity index (χ4n) is 1.44. The van der Waals surface area contributed by atoms with E-state index >= 15 is 0 Å². The number of carbonyl (C=O) groups excluding carboxylic acids is 1. The van der Waals surface area contributed by atoms with Crippen LogP contribution in [0.1, 0.15) is 23.7 Å². The summed E-state index contributed by atoms with van der Waals surface area (Å²) in [7, 11) is 1.67. The summed E-state index contributed by atoms with van der Waals surface area (Å²) in [5.41, 5.74) is 1.33. The molecule has 0 saturated heterocycles. The van der Waals surface area contributed by atoms with Crippen LogP contribution in [0.2, 0.25) is 0 Å². The number of nitrogens with zero attached hydrogens (tertiary/aromatic N) is 2. The van der Waals surface area contributed by atoms with Crippen LogP contribution in [-0.2, 0) is 0 Å². The van der Waals surface area contributed by atoms with E-state index in [1.54, 1.807) is 25.5 Å². The van der Waals surface area contributed by atoms with Crippen LogP contribution < -0.4 is 5.32 Å². The number of nitrogens with one attached hydrogen (secondary N) is 1. The second-order valence-corrected chi connectivity index (χ2v) is 3.80. The Hall–Kier alpha value is -1.62. The molecule has 0 fully saturated rings. The first-order chi connectivity index (χ1) is 8.20. The highest BCUT2D eigenvalue weighted by Crippen LogP contribution is 2.15. The van der Waals surface area contributed by atoms with Crippen LogP contribution in [0.5, 0.6) is 0 Å². The Balaban J connectivity index is 2.84. The molecule has 5 heteroatoms. The SMILES string of the molecule is CCCNc1cnccc1C(=O)N(C)CCO. The normalized spacial score (nSPS) is 10.1. The number of aromatic nitrogens is 1. The molecule has 1 aromatic heterocycles. The third-order valence-electron chi connectivity index (χ3n) is 2.40. The lowest BCUT2D eigenvalue weighted by molar-refractivity contribution is 0.0768. The quantitative estimate of drug-likeness (QED) is 0.773. The summed E-state index contributed by atoms with van der Waals surface area (Å²) in [4.78, 5) is 17.6. The van der Waals surface area contributed by atoms with Crippen LogP contribution >= 0.6 is 0 Å². The van der Waals surface area contributed by atoms with Gasteiger partial charge in [0.05, 0.1) is 24.1 Å². The first kappa shape index (κ1) is 13.4. The fourth-order valence-corrected chi connectivity index (χ4v) is 1.44. The Morgan fingerprint density at radius 2 is 2.35 bits per heavy atom. The van der Waals surface area contributed by atoms with Gasteiger partial charge in [0.1, 0.15) is 0 Å². The summed E-state index contributed by atoms with van der Waals surface area (Å²) in [6.45, 7) is 3.15. The van der Waals surface area contributed by atoms with Crippen LogP contribution in [0, 0.1) is 0 Å². The maximum atomic E-state index is 12.1. The second-order valence-electron chi connectivity index (χ2n) is 3.80. The molecular weight excluding hydrogens is 218 g/mol. The monoisotopic (exact) mass is 237 g/mol. The van der Waals surface area contributed by atoms with Crippen molar-refractivity contribution in [1.29, 1.82) is 0 Å². The maximum absolute atomic E-state index is 12.1. The van der Waals surface area contributed by atoms with Gasteiger partial charge < -0.3 is 15.3 Å². The van der Waals surface area contributed by atoms with E-state index in [0.717, 1.165) is 18.7 Å². The van der Waals surface area contributed by atoms with Crippen molar-refractivity contribution in [1.82, 2.24) is 9.88 Å². The van der Waals surface area contributed by atoms with Gasteiger partial charge in [-0.25, -0.2) is 0 Å². The lowest BCUT2D eigenvalue weighted by Gasteiger charge is -2.18. The molecule has 0 unspecified atom stereocenters. The minimum atomic E-state index is -0.111. The molecule has 0 aliphatic rings. The Morgan fingerprint density at radius 3 is 3.00 bits per heavy atom. The zero-order valence-electron chi connectivity index (χ0n) is 10.3. The molecule has 0 spiro atoms. The van der Waals surface area contributed by atoms with Crippen LogP contribution in [0.4, 0.5) is 5.69 Å². The van der Waals surface area contributed by atoms with E-state index in [2.05, 4.69) is 17.2 Å². The van der Waals surface area contributed by atoms with Gasteiger partial charge in [-0.15, -0.1) is 0 Å². The topological polar surface area (TPSA) is 65.5 Å². The Bertz CT molecular complexity index is 369. The third-order valence-corrected chi connectivity index (χ3v) is 2.40. The van der Waals surface area contributed by atoms with Gasteiger partial charge in [-0.05, 0) is 12.5 Å². The van der Waals surface area contributed by atoms with Gasteiger partial charge in [-0.1, -0.05) is 6.92 Å². The van der Waals surface area contributed by atoms with E-state index in [4.69, 9.17) is 5.11 Å². The van der Waals surface area contributed by atoms with Crippen molar-refractivity contribution in [3.8, 4) is 0 Å². The maximum Gasteiger partial charge on any atom is 0.255 e. The highest BCUT2D eigenvalue weighted by Gasteiger charge is 2.14. The summed E-state index contributed by atoms with van der Waals surface area (Å²) in [5, 5.41) is 12.0. The molecule has 0 aromatic carbocycles. The van der Waals surface area contributed by atoms with Gasteiger partial charge in [0, 0.05) is 26.3 Å². The zero-order valence-corrected chi connectivity index (χ0v) is 10.3. The predicted molar refractivity (Wildman–Crippen MR) is 67.1 cm³/mol. The van der Waals surface area contributed by atoms with Crippen molar-refractivity contribution in [2.75, 3.05) is 32.1 Å². The van der Waals surface area contributed by atoms with Crippen LogP contribution in [-0.4, -0.2) is 47.6 Å². The van der Waals surface area contributed by atoms with Crippen LogP contribution in [0.25, 0.3) is 0 Å². The number of aliphatic hydroxyl groups is 1. The Labute approximate surface area is 101 Å². The summed E-state index contributed by atoms with van der Waals surface area (Å²) in [6, 6.07) is 1.69. The van der Waals surface area contributed by atoms with E-state index in [-0.39, 0.29) is 12.5 Å². The van der Waals surface area contributed by atoms with Gasteiger partial charge in [0.25, 0.3) is 5.91 Å². The van der Waals surface area contributed by atoms with Crippen molar-refractivity contribution in [3.05, 3.63) is 24.0 Å². The molecule has 0 bridgehead atoms. The second kappa shape index (κ2) is 6.85. The molecule has 0 atom stereocenters. The molecule has 0 radical (unpaired) electrons. The number of pyridine rings is 1. The summed E-state index contributed by atoms with van der Waals surface area (Å²) < 4.78 is 0. The number of amides is 1. The van der Waals surface area contributed by atoms with Crippen molar-refractivity contribution >= 4 is 11.6 Å². The first-order valence-electron chi connectivity index (χ1n) is 5.75. The molecule has 0 saturated carbocycles. The largest absolute Gasteiger partial charge is 0.395 e. The third kappa shape index (κ3) is 3.71. The highest BCUT2D eigenvalue weighted by atomic mass is 16.3. The predicted octanol–water partition coefficient (Wildman–Crippen LogP) is 0.968. The number of rotatable bonds is 6. The number of hydrogen-bond donors (Lipinski definition) is 2. The summed E-state index contributed by atoms with van der Waals surface area (Å²) >= 11 is 0. The van der Waals surface area contributed by atoms with E-state index < -0.39 is 0 Å². The molecule has 1 heterocycles. The minimum absolute atomic E-state index is 0.0367. The number of carbonyl (C=O) groups is 1. The van der Waals surface area contributed by atoms with Crippen molar-refractivity contribution < 1.29 is 9.90 Å². The van der Waals surface area contributed by atoms with Crippen LogP contribution in [0.3, 0.4) is 0 Å². The van der Waals surface area contributed by atoms with Gasteiger partial charge >= 0.3 is 0 Å². The van der Waals surface area contributed by atoms with Crippen molar-refractivity contribution in [3.63, 3.8) is 0 Å². The first-order valence-corrected chi connectivity index (χ1v) is 5.75. The Kier molecular flexibility index (Phi) is 5.42. The molecule has 0 aliphatic carbocycles. The number of likely N-dealkylation sites (N-methyl/N-ethyl adjacent to an activating group) is 1. The van der Waals surface area contributed by atoms with E-state index in [0.29, 0.717) is 12.1 Å². The Morgan fingerprint density at radius 1 is 1.59 bits per heavy atom. The average molecular weight is 237 g/mol. The lowest BCUT2D eigenvalue weighted by atomic mass is 10.2. The lowest BCUT2D eigenvalue weighted by Crippen LogP contribution is -2.30. The summed E-state index contributed by atoms with van der Waals surface area (Å²) in [5.74, 6) is -0.111. The molecule has 0 aliphatic heterocycles. The van der Waals surface area contributed by atoms with Gasteiger partial charge in [-0.2, -0.15) is 0 Å². The molecule has 1 aromatic rings. The molecule has 17 heavy (non-hydrogen) atoms. The number of hydrogen-bond acceptors (Lipinski definition) is 4.